The minimum atomic E-state index is -2.19. The fourth-order valence-electron chi connectivity index (χ4n) is 1.11. The summed E-state index contributed by atoms with van der Waals surface area (Å²) >= 11 is 0. The Morgan fingerprint density at radius 3 is 1.73 bits per heavy atom. The van der Waals surface area contributed by atoms with E-state index in [4.69, 9.17) is 5.11 Å². The summed E-state index contributed by atoms with van der Waals surface area (Å²) in [5, 5.41) is 8.90. The highest BCUT2D eigenvalue weighted by Gasteiger charge is 2.45. The van der Waals surface area contributed by atoms with Gasteiger partial charge < -0.3 is 14.6 Å². The van der Waals surface area contributed by atoms with Gasteiger partial charge in [0.25, 0.3) is 0 Å². The van der Waals surface area contributed by atoms with E-state index >= 15 is 0 Å². The van der Waals surface area contributed by atoms with Gasteiger partial charge in [0.05, 0.1) is 0 Å². The maximum absolute atomic E-state index is 10.9. The first kappa shape index (κ1) is 13.4. The molecule has 0 saturated heterocycles. The molecule has 0 fully saturated rings. The van der Waals surface area contributed by atoms with Crippen LogP contribution in [0.3, 0.4) is 0 Å². The molecular weight excluding hydrogens is 204 g/mol. The van der Waals surface area contributed by atoms with E-state index in [0.717, 1.165) is 13.8 Å². The van der Waals surface area contributed by atoms with Crippen molar-refractivity contribution in [3.63, 3.8) is 0 Å². The highest BCUT2D eigenvalue weighted by atomic mass is 16.7. The number of aliphatic carboxylic acids is 1. The molecule has 0 aromatic rings. The number of rotatable bonds is 5. The van der Waals surface area contributed by atoms with E-state index in [1.807, 2.05) is 0 Å². The number of ether oxygens (including phenoxy) is 2. The Kier molecular flexibility index (Phi) is 4.77. The highest BCUT2D eigenvalue weighted by Crippen LogP contribution is 2.21. The summed E-state index contributed by atoms with van der Waals surface area (Å²) in [4.78, 5) is 32.4. The van der Waals surface area contributed by atoms with Gasteiger partial charge in [-0.15, -0.1) is 0 Å². The Balaban J connectivity index is 4.96. The van der Waals surface area contributed by atoms with E-state index < -0.39 is 23.7 Å². The summed E-state index contributed by atoms with van der Waals surface area (Å²) in [5.41, 5.74) is 0. The number of carbonyl (C=O) groups is 3. The second-order valence-electron chi connectivity index (χ2n) is 3.00. The van der Waals surface area contributed by atoms with Crippen LogP contribution in [-0.4, -0.2) is 28.8 Å². The molecule has 0 aromatic carbocycles. The van der Waals surface area contributed by atoms with Crippen LogP contribution in [0, 0.1) is 0 Å². The van der Waals surface area contributed by atoms with Crippen LogP contribution < -0.4 is 0 Å². The van der Waals surface area contributed by atoms with E-state index in [9.17, 15) is 14.4 Å². The Hall–Kier alpha value is -1.59. The average Bonchev–Trinajstić information content (AvgIpc) is 2.01. The van der Waals surface area contributed by atoms with Crippen molar-refractivity contribution in [2.75, 3.05) is 0 Å². The standard InChI is InChI=1S/C9H14O6/c1-4-5-9(8(12)13,14-6(2)10)15-7(3)11/h4-5H2,1-3H3,(H,12,13). The van der Waals surface area contributed by atoms with Gasteiger partial charge in [-0.25, -0.2) is 4.79 Å². The number of esters is 2. The van der Waals surface area contributed by atoms with E-state index in [2.05, 4.69) is 9.47 Å². The van der Waals surface area contributed by atoms with E-state index in [1.54, 1.807) is 6.92 Å². The fraction of sp³-hybridized carbons (Fsp3) is 0.667. The van der Waals surface area contributed by atoms with E-state index in [1.165, 1.54) is 0 Å². The normalized spacial score (nSPS) is 10.6. The quantitative estimate of drug-likeness (QED) is 0.539. The van der Waals surface area contributed by atoms with Crippen molar-refractivity contribution < 1.29 is 29.0 Å². The van der Waals surface area contributed by atoms with Crippen LogP contribution in [-0.2, 0) is 23.9 Å². The molecule has 0 aliphatic carbocycles. The van der Waals surface area contributed by atoms with Crippen LogP contribution in [0.25, 0.3) is 0 Å². The first-order valence-electron chi connectivity index (χ1n) is 4.46. The summed E-state index contributed by atoms with van der Waals surface area (Å²) in [7, 11) is 0. The van der Waals surface area contributed by atoms with Crippen LogP contribution in [0.2, 0.25) is 0 Å². The zero-order chi connectivity index (χ0) is 12.1. The molecule has 0 aliphatic heterocycles. The largest absolute Gasteiger partial charge is 0.475 e. The molecule has 1 N–H and O–H groups in total. The van der Waals surface area contributed by atoms with Crippen molar-refractivity contribution in [2.45, 2.75) is 39.4 Å². The molecule has 0 aliphatic rings. The van der Waals surface area contributed by atoms with Gasteiger partial charge in [0.15, 0.2) is 0 Å². The zero-order valence-electron chi connectivity index (χ0n) is 8.90. The Morgan fingerprint density at radius 1 is 1.13 bits per heavy atom. The summed E-state index contributed by atoms with van der Waals surface area (Å²) < 4.78 is 9.14. The molecular formula is C9H14O6. The molecule has 6 nitrogen and oxygen atoms in total. The maximum Gasteiger partial charge on any atom is 0.390 e. The molecule has 6 heteroatoms. The molecule has 15 heavy (non-hydrogen) atoms. The third-order valence-electron chi connectivity index (χ3n) is 1.52. The van der Waals surface area contributed by atoms with Gasteiger partial charge in [0.2, 0.25) is 0 Å². The van der Waals surface area contributed by atoms with Crippen LogP contribution in [0.1, 0.15) is 33.6 Å². The van der Waals surface area contributed by atoms with Crippen LogP contribution >= 0.6 is 0 Å². The molecule has 0 rings (SSSR count). The second-order valence-corrected chi connectivity index (χ2v) is 3.00. The molecule has 0 atom stereocenters. The lowest BCUT2D eigenvalue weighted by molar-refractivity contribution is -0.236. The summed E-state index contributed by atoms with van der Waals surface area (Å²) in [5.74, 6) is -5.30. The SMILES string of the molecule is CCCC(OC(C)=O)(OC(C)=O)C(=O)O. The Labute approximate surface area is 87.2 Å². The second kappa shape index (κ2) is 5.33. The minimum Gasteiger partial charge on any atom is -0.475 e. The van der Waals surface area contributed by atoms with Crippen molar-refractivity contribution in [3.8, 4) is 0 Å². The summed E-state index contributed by atoms with van der Waals surface area (Å²) in [6.07, 6.45) is 0.314. The summed E-state index contributed by atoms with van der Waals surface area (Å²) in [6, 6.07) is 0. The first-order chi connectivity index (χ1) is 6.84. The minimum absolute atomic E-state index is 0.0819. The fourth-order valence-corrected chi connectivity index (χ4v) is 1.11. The molecule has 0 amide bonds. The number of carbonyl (C=O) groups excluding carboxylic acids is 2. The lowest BCUT2D eigenvalue weighted by atomic mass is 10.1. The predicted molar refractivity (Wildman–Crippen MR) is 48.8 cm³/mol. The van der Waals surface area contributed by atoms with Crippen LogP contribution in [0.15, 0.2) is 0 Å². The molecule has 0 radical (unpaired) electrons. The molecule has 0 aromatic heterocycles. The Morgan fingerprint density at radius 2 is 1.53 bits per heavy atom. The molecule has 0 spiro atoms. The van der Waals surface area contributed by atoms with Gasteiger partial charge in [0, 0.05) is 20.3 Å². The van der Waals surface area contributed by atoms with E-state index in [-0.39, 0.29) is 6.42 Å². The van der Waals surface area contributed by atoms with Gasteiger partial charge >= 0.3 is 23.7 Å². The van der Waals surface area contributed by atoms with Gasteiger partial charge in [-0.05, 0) is 6.42 Å². The smallest absolute Gasteiger partial charge is 0.390 e. The lowest BCUT2D eigenvalue weighted by Gasteiger charge is -2.27. The number of hydrogen-bond donors (Lipinski definition) is 1. The predicted octanol–water partition coefficient (Wildman–Crippen LogP) is 0.694. The third-order valence-corrected chi connectivity index (χ3v) is 1.52. The maximum atomic E-state index is 10.9. The van der Waals surface area contributed by atoms with Crippen molar-refractivity contribution in [2.24, 2.45) is 0 Å². The molecule has 86 valence electrons. The molecule has 0 heterocycles. The zero-order valence-corrected chi connectivity index (χ0v) is 8.90. The van der Waals surface area contributed by atoms with Crippen LogP contribution in [0.5, 0.6) is 0 Å². The summed E-state index contributed by atoms with van der Waals surface area (Å²) in [6.45, 7) is 3.79. The number of hydrogen-bond acceptors (Lipinski definition) is 5. The molecule has 0 saturated carbocycles. The monoisotopic (exact) mass is 218 g/mol. The van der Waals surface area contributed by atoms with Gasteiger partial charge in [-0.3, -0.25) is 9.59 Å². The van der Waals surface area contributed by atoms with Gasteiger partial charge in [0.1, 0.15) is 0 Å². The first-order valence-corrected chi connectivity index (χ1v) is 4.46. The third kappa shape index (κ3) is 3.97. The van der Waals surface area contributed by atoms with Crippen LogP contribution in [0.4, 0.5) is 0 Å². The van der Waals surface area contributed by atoms with Crippen molar-refractivity contribution in [1.29, 1.82) is 0 Å². The van der Waals surface area contributed by atoms with Crippen molar-refractivity contribution in [1.82, 2.24) is 0 Å². The molecule has 0 bridgehead atoms. The number of carboxylic acids is 1. The van der Waals surface area contributed by atoms with Crippen molar-refractivity contribution in [3.05, 3.63) is 0 Å². The topological polar surface area (TPSA) is 89.9 Å². The lowest BCUT2D eigenvalue weighted by Crippen LogP contribution is -2.46. The number of carboxylic acid groups (broad SMARTS) is 1. The van der Waals surface area contributed by atoms with E-state index in [0.29, 0.717) is 6.42 Å². The highest BCUT2D eigenvalue weighted by molar-refractivity contribution is 5.82. The van der Waals surface area contributed by atoms with Crippen molar-refractivity contribution >= 4 is 17.9 Å². The average molecular weight is 218 g/mol. The van der Waals surface area contributed by atoms with Gasteiger partial charge in [-0.2, -0.15) is 0 Å². The van der Waals surface area contributed by atoms with Gasteiger partial charge in [-0.1, -0.05) is 6.92 Å². The Bertz CT molecular complexity index is 254. The molecule has 0 unspecified atom stereocenters.